The van der Waals surface area contributed by atoms with E-state index in [0.29, 0.717) is 6.42 Å². The van der Waals surface area contributed by atoms with E-state index >= 15 is 0 Å². The molecule has 0 atom stereocenters. The van der Waals surface area contributed by atoms with Crippen molar-refractivity contribution in [2.45, 2.75) is 29.9 Å². The molecule has 6 heteroatoms. The first-order valence-corrected chi connectivity index (χ1v) is 10.8. The SMILES string of the molecule is CSC(C)(C)C(=O)O/N=C(\CCSc1ccc(Cl)cc1)c1ccccc1. The number of hydrogen-bond acceptors (Lipinski definition) is 5. The topological polar surface area (TPSA) is 38.7 Å². The van der Waals surface area contributed by atoms with Crippen LogP contribution in [0.1, 0.15) is 25.8 Å². The molecule has 138 valence electrons. The lowest BCUT2D eigenvalue weighted by Gasteiger charge is -2.17. The standard InChI is InChI=1S/C20H22ClNO2S2/c1-20(2,25-3)19(23)24-22-18(15-7-5-4-6-8-15)13-14-26-17-11-9-16(21)10-12-17/h4-12H,13-14H2,1-3H3/b22-18+. The quantitative estimate of drug-likeness (QED) is 0.236. The van der Waals surface area contributed by atoms with Crippen molar-refractivity contribution in [3.8, 4) is 0 Å². The molecule has 0 aliphatic carbocycles. The maximum Gasteiger partial charge on any atom is 0.350 e. The maximum absolute atomic E-state index is 12.2. The van der Waals surface area contributed by atoms with Crippen molar-refractivity contribution in [3.63, 3.8) is 0 Å². The van der Waals surface area contributed by atoms with Crippen molar-refractivity contribution in [3.05, 3.63) is 65.2 Å². The van der Waals surface area contributed by atoms with Crippen molar-refractivity contribution in [1.29, 1.82) is 0 Å². The Kier molecular flexibility index (Phi) is 8.07. The van der Waals surface area contributed by atoms with Gasteiger partial charge in [-0.3, -0.25) is 0 Å². The van der Waals surface area contributed by atoms with Crippen LogP contribution in [0.15, 0.2) is 64.6 Å². The fraction of sp³-hybridized carbons (Fsp3) is 0.300. The van der Waals surface area contributed by atoms with E-state index in [0.717, 1.165) is 26.9 Å². The van der Waals surface area contributed by atoms with Crippen molar-refractivity contribution in [1.82, 2.24) is 0 Å². The Balaban J connectivity index is 2.05. The normalized spacial score (nSPS) is 12.1. The zero-order valence-electron chi connectivity index (χ0n) is 15.1. The monoisotopic (exact) mass is 407 g/mol. The Morgan fingerprint density at radius 1 is 1.12 bits per heavy atom. The Morgan fingerprint density at radius 3 is 2.38 bits per heavy atom. The summed E-state index contributed by atoms with van der Waals surface area (Å²) in [4.78, 5) is 18.6. The highest BCUT2D eigenvalue weighted by Gasteiger charge is 2.28. The fourth-order valence-corrected chi connectivity index (χ4v) is 3.15. The molecule has 3 nitrogen and oxygen atoms in total. The molecule has 0 aliphatic heterocycles. The van der Waals surface area contributed by atoms with Crippen LogP contribution in [0.4, 0.5) is 0 Å². The summed E-state index contributed by atoms with van der Waals surface area (Å²) in [6.07, 6.45) is 2.57. The molecule has 0 amide bonds. The van der Waals surface area contributed by atoms with Gasteiger partial charge < -0.3 is 4.84 Å². The number of rotatable bonds is 8. The van der Waals surface area contributed by atoms with Crippen molar-refractivity contribution in [2.24, 2.45) is 5.16 Å². The summed E-state index contributed by atoms with van der Waals surface area (Å²) in [5, 5.41) is 4.90. The summed E-state index contributed by atoms with van der Waals surface area (Å²) in [6.45, 7) is 3.65. The lowest BCUT2D eigenvalue weighted by atomic mass is 10.1. The molecule has 2 rings (SSSR count). The molecule has 0 saturated heterocycles. The molecule has 0 radical (unpaired) electrons. The third kappa shape index (κ3) is 6.38. The molecular weight excluding hydrogens is 386 g/mol. The van der Waals surface area contributed by atoms with Crippen LogP contribution in [0.25, 0.3) is 0 Å². The van der Waals surface area contributed by atoms with Crippen LogP contribution in [0.3, 0.4) is 0 Å². The van der Waals surface area contributed by atoms with E-state index in [2.05, 4.69) is 5.16 Å². The lowest BCUT2D eigenvalue weighted by molar-refractivity contribution is -0.145. The largest absolute Gasteiger partial charge is 0.350 e. The molecular formula is C20H22ClNO2S2. The molecule has 0 aromatic heterocycles. The van der Waals surface area contributed by atoms with E-state index in [9.17, 15) is 4.79 Å². The molecule has 2 aromatic carbocycles. The Bertz CT molecular complexity index is 746. The first kappa shape index (κ1) is 20.9. The van der Waals surface area contributed by atoms with E-state index < -0.39 is 4.75 Å². The summed E-state index contributed by atoms with van der Waals surface area (Å²) >= 11 is 9.07. The minimum atomic E-state index is -0.622. The second-order valence-electron chi connectivity index (χ2n) is 6.05. The second kappa shape index (κ2) is 10.0. The van der Waals surface area contributed by atoms with Crippen molar-refractivity contribution in [2.75, 3.05) is 12.0 Å². The van der Waals surface area contributed by atoms with Gasteiger partial charge in [0.15, 0.2) is 0 Å². The summed E-state index contributed by atoms with van der Waals surface area (Å²) < 4.78 is -0.622. The van der Waals surface area contributed by atoms with Gasteiger partial charge in [0.2, 0.25) is 0 Å². The molecule has 0 heterocycles. The second-order valence-corrected chi connectivity index (χ2v) is 9.08. The third-order valence-corrected chi connectivity index (χ3v) is 6.22. The van der Waals surface area contributed by atoms with E-state index in [4.69, 9.17) is 16.4 Å². The molecule has 0 unspecified atom stereocenters. The number of thioether (sulfide) groups is 2. The summed E-state index contributed by atoms with van der Waals surface area (Å²) in [5.41, 5.74) is 1.72. The van der Waals surface area contributed by atoms with Gasteiger partial charge in [-0.25, -0.2) is 4.79 Å². The van der Waals surface area contributed by atoms with E-state index in [1.54, 1.807) is 11.8 Å². The van der Waals surface area contributed by atoms with Gasteiger partial charge in [-0.05, 0) is 49.9 Å². The van der Waals surface area contributed by atoms with Crippen molar-refractivity contribution < 1.29 is 9.63 Å². The molecule has 0 saturated carbocycles. The molecule has 0 fully saturated rings. The predicted octanol–water partition coefficient (Wildman–Crippen LogP) is 5.91. The van der Waals surface area contributed by atoms with Crippen LogP contribution in [-0.2, 0) is 9.63 Å². The van der Waals surface area contributed by atoms with Crippen LogP contribution in [0, 0.1) is 0 Å². The van der Waals surface area contributed by atoms with Gasteiger partial charge in [-0.1, -0.05) is 47.1 Å². The van der Waals surface area contributed by atoms with Gasteiger partial charge in [0.25, 0.3) is 0 Å². The van der Waals surface area contributed by atoms with Crippen LogP contribution in [0.5, 0.6) is 0 Å². The van der Waals surface area contributed by atoms with Crippen LogP contribution in [0.2, 0.25) is 5.02 Å². The molecule has 2 aromatic rings. The average molecular weight is 408 g/mol. The van der Waals surface area contributed by atoms with Gasteiger partial charge in [-0.15, -0.1) is 23.5 Å². The number of hydrogen-bond donors (Lipinski definition) is 0. The highest BCUT2D eigenvalue weighted by Crippen LogP contribution is 2.24. The van der Waals surface area contributed by atoms with Crippen LogP contribution in [-0.4, -0.2) is 28.4 Å². The average Bonchev–Trinajstić information content (AvgIpc) is 2.66. The van der Waals surface area contributed by atoms with E-state index in [1.807, 2.05) is 74.7 Å². The fourth-order valence-electron chi connectivity index (χ4n) is 1.96. The molecule has 0 bridgehead atoms. The van der Waals surface area contributed by atoms with Gasteiger partial charge in [0, 0.05) is 22.1 Å². The molecule has 0 aliphatic rings. The van der Waals surface area contributed by atoms with Crippen molar-refractivity contribution >= 4 is 46.8 Å². The molecule has 0 N–H and O–H groups in total. The zero-order valence-corrected chi connectivity index (χ0v) is 17.5. The first-order chi connectivity index (χ1) is 12.4. The highest BCUT2D eigenvalue weighted by atomic mass is 35.5. The third-order valence-electron chi connectivity index (χ3n) is 3.77. The number of oxime groups is 1. The van der Waals surface area contributed by atoms with Crippen LogP contribution < -0.4 is 0 Å². The number of carbonyl (C=O) groups is 1. The summed E-state index contributed by atoms with van der Waals surface area (Å²) in [6, 6.07) is 17.5. The number of halogens is 1. The first-order valence-electron chi connectivity index (χ1n) is 8.19. The van der Waals surface area contributed by atoms with Gasteiger partial charge >= 0.3 is 5.97 Å². The Morgan fingerprint density at radius 2 is 1.77 bits per heavy atom. The van der Waals surface area contributed by atoms with Gasteiger partial charge in [0.05, 0.1) is 5.71 Å². The lowest BCUT2D eigenvalue weighted by Crippen LogP contribution is -2.28. The minimum Gasteiger partial charge on any atom is -0.316 e. The van der Waals surface area contributed by atoms with E-state index in [1.165, 1.54) is 11.8 Å². The Labute approximate surface area is 168 Å². The Hall–Kier alpha value is -1.43. The minimum absolute atomic E-state index is 0.344. The highest BCUT2D eigenvalue weighted by molar-refractivity contribution is 8.00. The zero-order chi connectivity index (χ0) is 19.0. The molecule has 0 spiro atoms. The number of carbonyl (C=O) groups excluding carboxylic acids is 1. The molecule has 26 heavy (non-hydrogen) atoms. The summed E-state index contributed by atoms with van der Waals surface area (Å²) in [7, 11) is 0. The maximum atomic E-state index is 12.2. The number of nitrogens with zero attached hydrogens (tertiary/aromatic N) is 1. The summed E-state index contributed by atoms with van der Waals surface area (Å²) in [5.74, 6) is 0.475. The number of benzene rings is 2. The van der Waals surface area contributed by atoms with E-state index in [-0.39, 0.29) is 5.97 Å². The van der Waals surface area contributed by atoms with Gasteiger partial charge in [0.1, 0.15) is 4.75 Å². The van der Waals surface area contributed by atoms with Gasteiger partial charge in [-0.2, -0.15) is 0 Å². The van der Waals surface area contributed by atoms with Crippen LogP contribution >= 0.6 is 35.1 Å². The smallest absolute Gasteiger partial charge is 0.316 e. The predicted molar refractivity (Wildman–Crippen MR) is 113 cm³/mol.